The molecule has 2 rings (SSSR count). The lowest BCUT2D eigenvalue weighted by Gasteiger charge is -2.30. The van der Waals surface area contributed by atoms with E-state index in [1.54, 1.807) is 11.3 Å². The number of nitrogens with zero attached hydrogens (tertiary/aromatic N) is 1. The number of aliphatic hydroxyl groups is 1. The molecule has 0 radical (unpaired) electrons. The molecule has 18 heavy (non-hydrogen) atoms. The molecule has 0 aromatic carbocycles. The van der Waals surface area contributed by atoms with Gasteiger partial charge in [-0.2, -0.15) is 0 Å². The van der Waals surface area contributed by atoms with E-state index in [2.05, 4.69) is 32.7 Å². The van der Waals surface area contributed by atoms with Crippen molar-refractivity contribution >= 4 is 11.3 Å². The molecule has 3 nitrogen and oxygen atoms in total. The molecule has 1 aromatic rings. The third-order valence-electron chi connectivity index (χ3n) is 3.73. The predicted molar refractivity (Wildman–Crippen MR) is 73.9 cm³/mol. The zero-order valence-electron chi connectivity index (χ0n) is 12.1. The van der Waals surface area contributed by atoms with Crippen molar-refractivity contribution < 1.29 is 9.84 Å². The average Bonchev–Trinajstić information content (AvgIpc) is 2.61. The van der Waals surface area contributed by atoms with Crippen molar-refractivity contribution in [1.82, 2.24) is 4.98 Å². The lowest BCUT2D eigenvalue weighted by molar-refractivity contribution is -0.0877. The molecule has 0 spiro atoms. The second-order valence-electron chi connectivity index (χ2n) is 6.40. The summed E-state index contributed by atoms with van der Waals surface area (Å²) in [5.74, 6) is 0.117. The van der Waals surface area contributed by atoms with E-state index in [9.17, 15) is 5.11 Å². The van der Waals surface area contributed by atoms with Gasteiger partial charge in [-0.25, -0.2) is 4.98 Å². The lowest BCUT2D eigenvalue weighted by atomic mass is 9.82. The van der Waals surface area contributed by atoms with Gasteiger partial charge in [-0.15, -0.1) is 11.3 Å². The summed E-state index contributed by atoms with van der Waals surface area (Å²) in [6.07, 6.45) is 0.394. The van der Waals surface area contributed by atoms with Gasteiger partial charge in [0.25, 0.3) is 0 Å². The molecular formula is C14H23NO2S. The van der Waals surface area contributed by atoms with Gasteiger partial charge in [0.1, 0.15) is 0 Å². The number of ether oxygens (including phenoxy) is 1. The fourth-order valence-corrected chi connectivity index (χ4v) is 4.08. The Bertz CT molecular complexity index is 451. The van der Waals surface area contributed by atoms with Crippen molar-refractivity contribution in [3.8, 4) is 0 Å². The Labute approximate surface area is 113 Å². The maximum atomic E-state index is 10.7. The zero-order chi connectivity index (χ0) is 13.7. The first-order valence-corrected chi connectivity index (χ1v) is 7.26. The molecule has 4 heteroatoms. The standard InChI is InChI=1S/C14H23NO2S/c1-8-12(18-9(2)15-8)11(16)10-7-13(3,4)17-14(10,5)6/h10-11,16H,7H2,1-6H3. The molecule has 0 amide bonds. The third-order valence-corrected chi connectivity index (χ3v) is 4.88. The minimum atomic E-state index is -0.479. The van der Waals surface area contributed by atoms with Crippen molar-refractivity contribution in [3.05, 3.63) is 15.6 Å². The molecule has 0 aliphatic carbocycles. The Kier molecular flexibility index (Phi) is 3.33. The fraction of sp³-hybridized carbons (Fsp3) is 0.786. The molecule has 2 atom stereocenters. The molecule has 1 aliphatic heterocycles. The normalized spacial score (nSPS) is 27.4. The Balaban J connectivity index is 2.29. The average molecular weight is 269 g/mol. The zero-order valence-corrected chi connectivity index (χ0v) is 12.9. The summed E-state index contributed by atoms with van der Waals surface area (Å²) >= 11 is 1.59. The largest absolute Gasteiger partial charge is 0.387 e. The minimum absolute atomic E-state index is 0.117. The van der Waals surface area contributed by atoms with Gasteiger partial charge >= 0.3 is 0 Å². The van der Waals surface area contributed by atoms with Crippen LogP contribution in [0.3, 0.4) is 0 Å². The summed E-state index contributed by atoms with van der Waals surface area (Å²) in [6.45, 7) is 12.3. The molecule has 1 aromatic heterocycles. The number of hydrogen-bond donors (Lipinski definition) is 1. The number of hydrogen-bond acceptors (Lipinski definition) is 4. The number of rotatable bonds is 2. The van der Waals surface area contributed by atoms with Crippen LogP contribution in [0.4, 0.5) is 0 Å². The van der Waals surface area contributed by atoms with Crippen molar-refractivity contribution in [1.29, 1.82) is 0 Å². The summed E-state index contributed by atoms with van der Waals surface area (Å²) in [5, 5.41) is 11.7. The summed E-state index contributed by atoms with van der Waals surface area (Å²) in [6, 6.07) is 0. The van der Waals surface area contributed by atoms with Crippen LogP contribution in [-0.4, -0.2) is 21.3 Å². The van der Waals surface area contributed by atoms with Crippen LogP contribution in [0, 0.1) is 19.8 Å². The maximum Gasteiger partial charge on any atom is 0.0957 e. The molecule has 1 saturated heterocycles. The van der Waals surface area contributed by atoms with Gasteiger partial charge in [-0.3, -0.25) is 0 Å². The number of thiazole rings is 1. The smallest absolute Gasteiger partial charge is 0.0957 e. The van der Waals surface area contributed by atoms with Crippen LogP contribution in [0.15, 0.2) is 0 Å². The highest BCUT2D eigenvalue weighted by molar-refractivity contribution is 7.11. The number of aryl methyl sites for hydroxylation is 2. The molecule has 1 N–H and O–H groups in total. The van der Waals surface area contributed by atoms with E-state index in [-0.39, 0.29) is 17.1 Å². The number of aliphatic hydroxyl groups excluding tert-OH is 1. The van der Waals surface area contributed by atoms with E-state index >= 15 is 0 Å². The monoisotopic (exact) mass is 269 g/mol. The molecule has 0 bridgehead atoms. The molecule has 2 heterocycles. The molecule has 1 aliphatic rings. The first-order chi connectivity index (χ1) is 8.12. The van der Waals surface area contributed by atoms with E-state index < -0.39 is 6.10 Å². The van der Waals surface area contributed by atoms with Crippen LogP contribution in [0.2, 0.25) is 0 Å². The van der Waals surface area contributed by atoms with Crippen LogP contribution in [0.25, 0.3) is 0 Å². The second kappa shape index (κ2) is 4.29. The molecule has 1 fully saturated rings. The van der Waals surface area contributed by atoms with Crippen molar-refractivity contribution in [2.45, 2.75) is 65.3 Å². The first-order valence-electron chi connectivity index (χ1n) is 6.44. The van der Waals surface area contributed by atoms with Crippen molar-refractivity contribution in [3.63, 3.8) is 0 Å². The third kappa shape index (κ3) is 2.46. The number of aromatic nitrogens is 1. The summed E-state index contributed by atoms with van der Waals surface area (Å²) in [7, 11) is 0. The van der Waals surface area contributed by atoms with Gasteiger partial charge < -0.3 is 9.84 Å². The Morgan fingerprint density at radius 2 is 1.94 bits per heavy atom. The second-order valence-corrected chi connectivity index (χ2v) is 7.64. The SMILES string of the molecule is Cc1nc(C)c(C(O)C2CC(C)(C)OC2(C)C)s1. The van der Waals surface area contributed by atoms with Gasteiger partial charge in [0, 0.05) is 5.92 Å². The van der Waals surface area contributed by atoms with E-state index in [4.69, 9.17) is 4.74 Å². The van der Waals surface area contributed by atoms with Gasteiger partial charge in [-0.1, -0.05) is 0 Å². The van der Waals surface area contributed by atoms with Gasteiger partial charge in [0.15, 0.2) is 0 Å². The molecule has 0 saturated carbocycles. The van der Waals surface area contributed by atoms with Crippen LogP contribution in [0.1, 0.15) is 55.8 Å². The van der Waals surface area contributed by atoms with Gasteiger partial charge in [0.05, 0.1) is 32.9 Å². The summed E-state index contributed by atoms with van der Waals surface area (Å²) in [5.41, 5.74) is 0.487. The van der Waals surface area contributed by atoms with Crippen molar-refractivity contribution in [2.24, 2.45) is 5.92 Å². The van der Waals surface area contributed by atoms with Gasteiger partial charge in [-0.05, 0) is 48.0 Å². The van der Waals surface area contributed by atoms with E-state index in [0.717, 1.165) is 22.0 Å². The van der Waals surface area contributed by atoms with E-state index in [0.29, 0.717) is 0 Å². The summed E-state index contributed by atoms with van der Waals surface area (Å²) in [4.78, 5) is 5.40. The highest BCUT2D eigenvalue weighted by Crippen LogP contribution is 2.48. The quantitative estimate of drug-likeness (QED) is 0.895. The van der Waals surface area contributed by atoms with E-state index in [1.165, 1.54) is 0 Å². The minimum Gasteiger partial charge on any atom is -0.387 e. The Morgan fingerprint density at radius 1 is 1.33 bits per heavy atom. The highest BCUT2D eigenvalue weighted by atomic mass is 32.1. The highest BCUT2D eigenvalue weighted by Gasteiger charge is 2.49. The molecular weight excluding hydrogens is 246 g/mol. The first kappa shape index (κ1) is 14.0. The van der Waals surface area contributed by atoms with Crippen LogP contribution in [-0.2, 0) is 4.74 Å². The Hall–Kier alpha value is -0.450. The van der Waals surface area contributed by atoms with Crippen molar-refractivity contribution in [2.75, 3.05) is 0 Å². The predicted octanol–water partition coefficient (Wildman–Crippen LogP) is 3.39. The lowest BCUT2D eigenvalue weighted by Crippen LogP contribution is -2.32. The fourth-order valence-electron chi connectivity index (χ4n) is 3.10. The maximum absolute atomic E-state index is 10.7. The topological polar surface area (TPSA) is 42.4 Å². The molecule has 102 valence electrons. The van der Waals surface area contributed by atoms with Crippen LogP contribution >= 0.6 is 11.3 Å². The van der Waals surface area contributed by atoms with Gasteiger partial charge in [0.2, 0.25) is 0 Å². The van der Waals surface area contributed by atoms with E-state index in [1.807, 2.05) is 13.8 Å². The van der Waals surface area contributed by atoms with Crippen LogP contribution < -0.4 is 0 Å². The molecule has 2 unspecified atom stereocenters. The summed E-state index contributed by atoms with van der Waals surface area (Å²) < 4.78 is 6.06. The Morgan fingerprint density at radius 3 is 2.33 bits per heavy atom. The van der Waals surface area contributed by atoms with Crippen LogP contribution in [0.5, 0.6) is 0 Å².